The number of likely N-dealkylation sites (tertiary alicyclic amines) is 1. The van der Waals surface area contributed by atoms with E-state index in [1.165, 1.54) is 0 Å². The summed E-state index contributed by atoms with van der Waals surface area (Å²) in [6.45, 7) is 6.68. The molecule has 0 aromatic carbocycles. The minimum absolute atomic E-state index is 0.140. The maximum Gasteiger partial charge on any atom is 0.317 e. The van der Waals surface area contributed by atoms with Crippen molar-refractivity contribution in [2.24, 2.45) is 5.41 Å². The van der Waals surface area contributed by atoms with E-state index in [2.05, 4.69) is 5.32 Å². The minimum atomic E-state index is -0.896. The van der Waals surface area contributed by atoms with Crippen molar-refractivity contribution in [3.8, 4) is 0 Å². The molecule has 1 aliphatic rings. The van der Waals surface area contributed by atoms with Gasteiger partial charge in [-0.25, -0.2) is 4.79 Å². The number of hydrogen-bond acceptors (Lipinski definition) is 3. The second kappa shape index (κ2) is 7.11. The number of carbonyl (C=O) groups excluding carboxylic acids is 1. The van der Waals surface area contributed by atoms with Gasteiger partial charge in [0.1, 0.15) is 0 Å². The highest BCUT2D eigenvalue weighted by Gasteiger charge is 2.36. The van der Waals surface area contributed by atoms with Crippen LogP contribution >= 0.6 is 0 Å². The smallest absolute Gasteiger partial charge is 0.317 e. The Morgan fingerprint density at radius 3 is 2.38 bits per heavy atom. The Kier molecular flexibility index (Phi) is 6.01. The molecule has 6 nitrogen and oxygen atoms in total. The van der Waals surface area contributed by atoms with Gasteiger partial charge in [0.25, 0.3) is 0 Å². The van der Waals surface area contributed by atoms with Gasteiger partial charge in [0, 0.05) is 19.6 Å². The van der Waals surface area contributed by atoms with Crippen LogP contribution in [0.4, 0.5) is 4.79 Å². The highest BCUT2D eigenvalue weighted by molar-refractivity contribution is 5.78. The second-order valence-electron chi connectivity index (χ2n) is 6.29. The Balaban J connectivity index is 2.59. The Hall–Kier alpha value is -1.30. The van der Waals surface area contributed by atoms with Crippen LogP contribution in [0.2, 0.25) is 0 Å². The van der Waals surface area contributed by atoms with Gasteiger partial charge in [-0.15, -0.1) is 0 Å². The SMILES string of the molecule is CCC(CC)(CNC(=O)N1CCCC(C)(O)CC1)C(=O)O. The molecule has 3 N–H and O–H groups in total. The van der Waals surface area contributed by atoms with Crippen LogP contribution in [-0.4, -0.2) is 52.3 Å². The molecule has 1 aliphatic heterocycles. The van der Waals surface area contributed by atoms with Gasteiger partial charge in [-0.05, 0) is 39.0 Å². The number of aliphatic carboxylic acids is 1. The summed E-state index contributed by atoms with van der Waals surface area (Å²) < 4.78 is 0. The van der Waals surface area contributed by atoms with Gasteiger partial charge in [-0.3, -0.25) is 4.79 Å². The van der Waals surface area contributed by atoms with Crippen molar-refractivity contribution < 1.29 is 19.8 Å². The lowest BCUT2D eigenvalue weighted by atomic mass is 9.82. The number of amides is 2. The van der Waals surface area contributed by atoms with Crippen molar-refractivity contribution in [3.63, 3.8) is 0 Å². The molecule has 0 radical (unpaired) electrons. The molecule has 1 fully saturated rings. The van der Waals surface area contributed by atoms with Gasteiger partial charge >= 0.3 is 12.0 Å². The van der Waals surface area contributed by atoms with E-state index in [0.717, 1.165) is 6.42 Å². The van der Waals surface area contributed by atoms with Crippen LogP contribution in [0.15, 0.2) is 0 Å². The third kappa shape index (κ3) is 4.59. The van der Waals surface area contributed by atoms with Crippen LogP contribution < -0.4 is 5.32 Å². The highest BCUT2D eigenvalue weighted by atomic mass is 16.4. The van der Waals surface area contributed by atoms with E-state index in [4.69, 9.17) is 0 Å². The summed E-state index contributed by atoms with van der Waals surface area (Å²) in [5.74, 6) is -0.869. The third-order valence-electron chi connectivity index (χ3n) is 4.74. The van der Waals surface area contributed by atoms with Gasteiger partial charge in [-0.1, -0.05) is 13.8 Å². The molecule has 2 amide bonds. The number of rotatable bonds is 5. The van der Waals surface area contributed by atoms with E-state index in [9.17, 15) is 19.8 Å². The molecule has 0 saturated carbocycles. The molecule has 6 heteroatoms. The monoisotopic (exact) mass is 300 g/mol. The molecule has 0 spiro atoms. The van der Waals surface area contributed by atoms with Crippen LogP contribution in [0.3, 0.4) is 0 Å². The second-order valence-corrected chi connectivity index (χ2v) is 6.29. The average Bonchev–Trinajstić information content (AvgIpc) is 2.61. The first-order valence-electron chi connectivity index (χ1n) is 7.75. The maximum atomic E-state index is 12.2. The maximum absolute atomic E-state index is 12.2. The fourth-order valence-corrected chi connectivity index (χ4v) is 2.70. The first kappa shape index (κ1) is 17.8. The number of carbonyl (C=O) groups is 2. The van der Waals surface area contributed by atoms with Gasteiger partial charge in [0.05, 0.1) is 11.0 Å². The van der Waals surface area contributed by atoms with Gasteiger partial charge in [-0.2, -0.15) is 0 Å². The summed E-state index contributed by atoms with van der Waals surface area (Å²) >= 11 is 0. The van der Waals surface area contributed by atoms with E-state index in [0.29, 0.717) is 38.8 Å². The molecule has 122 valence electrons. The molecule has 1 saturated heterocycles. The zero-order valence-corrected chi connectivity index (χ0v) is 13.3. The summed E-state index contributed by atoms with van der Waals surface area (Å²) in [6.07, 6.45) is 2.94. The summed E-state index contributed by atoms with van der Waals surface area (Å²) in [5.41, 5.74) is -1.61. The Labute approximate surface area is 126 Å². The van der Waals surface area contributed by atoms with Gasteiger partial charge < -0.3 is 20.4 Å². The molecule has 1 rings (SSSR count). The molecule has 0 aromatic rings. The minimum Gasteiger partial charge on any atom is -0.481 e. The van der Waals surface area contributed by atoms with Crippen molar-refractivity contribution in [3.05, 3.63) is 0 Å². The van der Waals surface area contributed by atoms with Crippen molar-refractivity contribution in [1.29, 1.82) is 0 Å². The number of carboxylic acid groups (broad SMARTS) is 1. The van der Waals surface area contributed by atoms with Gasteiger partial charge in [0.2, 0.25) is 0 Å². The quantitative estimate of drug-likeness (QED) is 0.722. The fourth-order valence-electron chi connectivity index (χ4n) is 2.70. The number of nitrogens with zero attached hydrogens (tertiary/aromatic N) is 1. The predicted octanol–water partition coefficient (Wildman–Crippen LogP) is 1.82. The Bertz CT molecular complexity index is 378. The van der Waals surface area contributed by atoms with E-state index < -0.39 is 17.0 Å². The van der Waals surface area contributed by atoms with Crippen LogP contribution in [0, 0.1) is 5.41 Å². The van der Waals surface area contributed by atoms with E-state index in [1.54, 1.807) is 11.8 Å². The predicted molar refractivity (Wildman–Crippen MR) is 80.1 cm³/mol. The summed E-state index contributed by atoms with van der Waals surface area (Å²) in [7, 11) is 0. The first-order chi connectivity index (χ1) is 9.76. The van der Waals surface area contributed by atoms with Crippen LogP contribution in [0.5, 0.6) is 0 Å². The molecule has 0 aromatic heterocycles. The van der Waals surface area contributed by atoms with Crippen molar-refractivity contribution >= 4 is 12.0 Å². The molecule has 1 unspecified atom stereocenters. The highest BCUT2D eigenvalue weighted by Crippen LogP contribution is 2.26. The first-order valence-corrected chi connectivity index (χ1v) is 7.75. The Morgan fingerprint density at radius 2 is 1.86 bits per heavy atom. The number of hydrogen-bond donors (Lipinski definition) is 3. The average molecular weight is 300 g/mol. The number of carboxylic acids is 1. The van der Waals surface area contributed by atoms with E-state index in [1.807, 2.05) is 13.8 Å². The summed E-state index contributed by atoms with van der Waals surface area (Å²) in [4.78, 5) is 25.3. The number of nitrogens with one attached hydrogen (secondary N) is 1. The molecule has 21 heavy (non-hydrogen) atoms. The number of urea groups is 1. The lowest BCUT2D eigenvalue weighted by molar-refractivity contribution is -0.149. The van der Waals surface area contributed by atoms with E-state index >= 15 is 0 Å². The van der Waals surface area contributed by atoms with Crippen molar-refractivity contribution in [2.45, 2.75) is 58.5 Å². The summed E-state index contributed by atoms with van der Waals surface area (Å²) in [5, 5.41) is 22.1. The number of aliphatic hydroxyl groups is 1. The molecular formula is C15H28N2O4. The molecular weight excluding hydrogens is 272 g/mol. The fraction of sp³-hybridized carbons (Fsp3) is 0.867. The van der Waals surface area contributed by atoms with Crippen LogP contribution in [0.25, 0.3) is 0 Å². The third-order valence-corrected chi connectivity index (χ3v) is 4.74. The molecule has 0 aliphatic carbocycles. The standard InChI is InChI=1S/C15H28N2O4/c1-4-15(5-2,12(18)19)11-16-13(20)17-9-6-7-14(3,21)8-10-17/h21H,4-11H2,1-3H3,(H,16,20)(H,18,19). The zero-order chi connectivity index (χ0) is 16.1. The lowest BCUT2D eigenvalue weighted by Gasteiger charge is -2.29. The normalized spacial score (nSPS) is 23.5. The van der Waals surface area contributed by atoms with E-state index in [-0.39, 0.29) is 12.6 Å². The molecule has 1 atom stereocenters. The molecule has 0 bridgehead atoms. The molecule has 1 heterocycles. The largest absolute Gasteiger partial charge is 0.481 e. The van der Waals surface area contributed by atoms with Crippen molar-refractivity contribution in [2.75, 3.05) is 19.6 Å². The zero-order valence-electron chi connectivity index (χ0n) is 13.3. The van der Waals surface area contributed by atoms with Gasteiger partial charge in [0.15, 0.2) is 0 Å². The van der Waals surface area contributed by atoms with Crippen LogP contribution in [0.1, 0.15) is 52.9 Å². The van der Waals surface area contributed by atoms with Crippen LogP contribution in [-0.2, 0) is 4.79 Å². The van der Waals surface area contributed by atoms with Crippen molar-refractivity contribution in [1.82, 2.24) is 10.2 Å². The summed E-state index contributed by atoms with van der Waals surface area (Å²) in [6, 6.07) is -0.236. The lowest BCUT2D eigenvalue weighted by Crippen LogP contribution is -2.47. The topological polar surface area (TPSA) is 89.9 Å². The Morgan fingerprint density at radius 1 is 1.24 bits per heavy atom.